The van der Waals surface area contributed by atoms with Crippen LogP contribution in [0.15, 0.2) is 42.5 Å². The molecule has 2 aromatic rings. The van der Waals surface area contributed by atoms with Crippen molar-refractivity contribution < 1.29 is 24.2 Å². The topological polar surface area (TPSA) is 111 Å². The summed E-state index contributed by atoms with van der Waals surface area (Å²) in [7, 11) is 3.17. The Labute approximate surface area is 169 Å². The van der Waals surface area contributed by atoms with Crippen molar-refractivity contribution in [2.24, 2.45) is 11.7 Å². The minimum atomic E-state index is -1.32. The minimum Gasteiger partial charge on any atom is -0.496 e. The average Bonchev–Trinajstić information content (AvgIpc) is 2.71. The Hall–Kier alpha value is -2.90. The maximum absolute atomic E-state index is 12.8. The van der Waals surface area contributed by atoms with E-state index in [1.165, 1.54) is 0 Å². The highest BCUT2D eigenvalue weighted by Crippen LogP contribution is 2.39. The summed E-state index contributed by atoms with van der Waals surface area (Å²) in [5.74, 6) is -1.61. The van der Waals surface area contributed by atoms with E-state index in [0.29, 0.717) is 30.0 Å². The van der Waals surface area contributed by atoms with Gasteiger partial charge in [-0.25, -0.2) is 0 Å². The predicted octanol–water partition coefficient (Wildman–Crippen LogP) is 2.39. The van der Waals surface area contributed by atoms with Crippen LogP contribution in [0.25, 0.3) is 11.1 Å². The van der Waals surface area contributed by atoms with Gasteiger partial charge in [-0.15, -0.1) is 0 Å². The quantitative estimate of drug-likeness (QED) is 0.586. The third-order valence-corrected chi connectivity index (χ3v) is 5.60. The second-order valence-corrected chi connectivity index (χ2v) is 7.37. The largest absolute Gasteiger partial charge is 0.496 e. The molecule has 1 saturated heterocycles. The van der Waals surface area contributed by atoms with Crippen LogP contribution in [0.3, 0.4) is 0 Å². The number of carboxylic acids is 1. The molecule has 1 unspecified atom stereocenters. The summed E-state index contributed by atoms with van der Waals surface area (Å²) in [6.45, 7) is 2.41. The number of carbonyl (C=O) groups is 2. The van der Waals surface area contributed by atoms with Crippen LogP contribution in [0.4, 0.5) is 0 Å². The first kappa shape index (κ1) is 20.8. The molecule has 4 N–H and O–H groups in total. The molecule has 29 heavy (non-hydrogen) atoms. The van der Waals surface area contributed by atoms with Gasteiger partial charge in [-0.2, -0.15) is 0 Å². The number of aliphatic carboxylic acids is 1. The first-order valence-corrected chi connectivity index (χ1v) is 9.41. The third-order valence-electron chi connectivity index (χ3n) is 5.60. The zero-order chi connectivity index (χ0) is 21.2. The van der Waals surface area contributed by atoms with Gasteiger partial charge in [0.1, 0.15) is 17.4 Å². The van der Waals surface area contributed by atoms with E-state index < -0.39 is 23.5 Å². The molecule has 0 amide bonds. The monoisotopic (exact) mass is 398 g/mol. The van der Waals surface area contributed by atoms with Crippen molar-refractivity contribution >= 4 is 11.8 Å². The fraction of sp³-hybridized carbons (Fsp3) is 0.364. The molecule has 0 bridgehead atoms. The number of hydrogen-bond donors (Lipinski definition) is 3. The van der Waals surface area contributed by atoms with E-state index in [1.807, 2.05) is 30.3 Å². The zero-order valence-electron chi connectivity index (χ0n) is 16.8. The number of Topliss-reactive ketones (excluding diaryl/α,β-unsaturated/α-hetero) is 1. The van der Waals surface area contributed by atoms with Gasteiger partial charge in [0.25, 0.3) is 0 Å². The number of carboxylic acid groups (broad SMARTS) is 1. The van der Waals surface area contributed by atoms with Gasteiger partial charge in [0.2, 0.25) is 0 Å². The van der Waals surface area contributed by atoms with Gasteiger partial charge in [0, 0.05) is 0 Å². The number of methoxy groups -OCH3 is 2. The Morgan fingerprint density at radius 3 is 2.07 bits per heavy atom. The van der Waals surface area contributed by atoms with Gasteiger partial charge >= 0.3 is 5.97 Å². The molecular formula is C22H26N2O5. The molecule has 0 spiro atoms. The van der Waals surface area contributed by atoms with E-state index >= 15 is 0 Å². The van der Waals surface area contributed by atoms with Crippen molar-refractivity contribution in [1.82, 2.24) is 5.32 Å². The van der Waals surface area contributed by atoms with Gasteiger partial charge < -0.3 is 25.6 Å². The maximum atomic E-state index is 12.8. The van der Waals surface area contributed by atoms with Crippen LogP contribution >= 0.6 is 0 Å². The minimum absolute atomic E-state index is 0.390. The van der Waals surface area contributed by atoms with Gasteiger partial charge in [0.05, 0.1) is 31.4 Å². The summed E-state index contributed by atoms with van der Waals surface area (Å²) in [5, 5.41) is 12.7. The van der Waals surface area contributed by atoms with Crippen LogP contribution in [0, 0.1) is 5.92 Å². The van der Waals surface area contributed by atoms with Crippen LogP contribution in [0.5, 0.6) is 11.5 Å². The van der Waals surface area contributed by atoms with Crippen molar-refractivity contribution in [3.63, 3.8) is 0 Å². The Bertz CT molecular complexity index is 884. The zero-order valence-corrected chi connectivity index (χ0v) is 16.8. The van der Waals surface area contributed by atoms with Crippen molar-refractivity contribution in [1.29, 1.82) is 0 Å². The smallest absolute Gasteiger partial charge is 0.316 e. The van der Waals surface area contributed by atoms with Crippen molar-refractivity contribution in [2.75, 3.05) is 20.8 Å². The van der Waals surface area contributed by atoms with Gasteiger partial charge in [0.15, 0.2) is 5.78 Å². The van der Waals surface area contributed by atoms with Crippen LogP contribution in [0.1, 0.15) is 24.9 Å². The molecule has 0 aliphatic carbocycles. The van der Waals surface area contributed by atoms with Crippen LogP contribution in [-0.2, 0) is 9.59 Å². The number of nitrogens with one attached hydrogen (secondary N) is 1. The lowest BCUT2D eigenvalue weighted by Gasteiger charge is -2.40. The van der Waals surface area contributed by atoms with E-state index in [4.69, 9.17) is 15.2 Å². The van der Waals surface area contributed by atoms with Crippen LogP contribution in [0.2, 0.25) is 0 Å². The Morgan fingerprint density at radius 1 is 1.10 bits per heavy atom. The second-order valence-electron chi connectivity index (χ2n) is 7.37. The first-order valence-electron chi connectivity index (χ1n) is 9.41. The number of ether oxygens (including phenoxy) is 2. The molecule has 1 aliphatic heterocycles. The second kappa shape index (κ2) is 8.23. The average molecular weight is 398 g/mol. The lowest BCUT2D eigenvalue weighted by molar-refractivity contribution is -0.150. The van der Waals surface area contributed by atoms with Crippen LogP contribution in [-0.4, -0.2) is 43.2 Å². The summed E-state index contributed by atoms with van der Waals surface area (Å²) in [6.07, 6.45) is 0.606. The molecule has 154 valence electrons. The Morgan fingerprint density at radius 2 is 1.66 bits per heavy atom. The highest BCUT2D eigenvalue weighted by Gasteiger charge is 2.47. The van der Waals surface area contributed by atoms with E-state index in [0.717, 1.165) is 11.1 Å². The standard InChI is InChI=1S/C22H26N2O5/c1-22(11-12-24-22)20(25)18(21(26)27)19(23)14-9-7-13(8-10-14)17-15(28-2)5-4-6-16(17)29-3/h4-10,18-19,24H,11-12,23H2,1-3H3,(H,26,27)/t18-,19-,22?/m0/s1. The molecule has 0 radical (unpaired) electrons. The molecule has 1 fully saturated rings. The van der Waals surface area contributed by atoms with E-state index in [2.05, 4.69) is 5.32 Å². The predicted molar refractivity (Wildman–Crippen MR) is 109 cm³/mol. The van der Waals surface area contributed by atoms with Gasteiger partial charge in [-0.1, -0.05) is 30.3 Å². The highest BCUT2D eigenvalue weighted by atomic mass is 16.5. The molecule has 2 aromatic carbocycles. The fourth-order valence-electron chi connectivity index (χ4n) is 3.68. The van der Waals surface area contributed by atoms with Gasteiger partial charge in [-0.3, -0.25) is 9.59 Å². The molecule has 1 aliphatic rings. The molecule has 0 saturated carbocycles. The van der Waals surface area contributed by atoms with Gasteiger partial charge in [-0.05, 0) is 43.1 Å². The van der Waals surface area contributed by atoms with Crippen molar-refractivity contribution in [3.05, 3.63) is 48.0 Å². The summed E-state index contributed by atoms with van der Waals surface area (Å²) in [6, 6.07) is 11.7. The number of carbonyl (C=O) groups excluding carboxylic acids is 1. The lowest BCUT2D eigenvalue weighted by atomic mass is 9.76. The lowest BCUT2D eigenvalue weighted by Crippen LogP contribution is -2.63. The molecule has 7 nitrogen and oxygen atoms in total. The number of rotatable bonds is 8. The number of hydrogen-bond acceptors (Lipinski definition) is 6. The normalized spacial score (nSPS) is 20.3. The summed E-state index contributed by atoms with van der Waals surface area (Å²) >= 11 is 0. The maximum Gasteiger partial charge on any atom is 0.316 e. The summed E-state index contributed by atoms with van der Waals surface area (Å²) < 4.78 is 10.9. The molecular weight excluding hydrogens is 372 g/mol. The molecule has 0 aromatic heterocycles. The fourth-order valence-corrected chi connectivity index (χ4v) is 3.68. The van der Waals surface area contributed by atoms with Crippen molar-refractivity contribution in [2.45, 2.75) is 24.9 Å². The molecule has 1 heterocycles. The molecule has 3 atom stereocenters. The SMILES string of the molecule is COc1cccc(OC)c1-c1ccc([C@H](N)[C@H](C(=O)O)C(=O)C2(C)CCN2)cc1. The summed E-state index contributed by atoms with van der Waals surface area (Å²) in [5.41, 5.74) is 7.61. The summed E-state index contributed by atoms with van der Waals surface area (Å²) in [4.78, 5) is 24.6. The highest BCUT2D eigenvalue weighted by molar-refractivity contribution is 6.04. The number of nitrogens with two attached hydrogens (primary N) is 1. The third kappa shape index (κ3) is 3.83. The van der Waals surface area contributed by atoms with E-state index in [-0.39, 0.29) is 5.78 Å². The van der Waals surface area contributed by atoms with Crippen molar-refractivity contribution in [3.8, 4) is 22.6 Å². The van der Waals surface area contributed by atoms with E-state index in [1.54, 1.807) is 33.3 Å². The molecule has 7 heteroatoms. The number of ketones is 1. The Kier molecular flexibility index (Phi) is 5.91. The van der Waals surface area contributed by atoms with Crippen LogP contribution < -0.4 is 20.5 Å². The first-order chi connectivity index (χ1) is 13.8. The molecule has 3 rings (SSSR count). The van der Waals surface area contributed by atoms with E-state index in [9.17, 15) is 14.7 Å². The number of benzene rings is 2. The Balaban J connectivity index is 1.92.